The van der Waals surface area contributed by atoms with E-state index in [1.54, 1.807) is 0 Å². The van der Waals surface area contributed by atoms with Crippen molar-refractivity contribution in [3.63, 3.8) is 0 Å². The van der Waals surface area contributed by atoms with E-state index in [9.17, 15) is 4.79 Å². The molecule has 0 saturated carbocycles. The Balaban J connectivity index is 1.61. The summed E-state index contributed by atoms with van der Waals surface area (Å²) in [6.07, 6.45) is 0.846. The van der Waals surface area contributed by atoms with Crippen LogP contribution in [0.4, 0.5) is 5.13 Å². The average molecular weight is 488 g/mol. The third-order valence-corrected chi connectivity index (χ3v) is 7.18. The number of benzene rings is 3. The largest absolute Gasteiger partial charge is 0.492 e. The highest BCUT2D eigenvalue weighted by molar-refractivity contribution is 7.22. The van der Waals surface area contributed by atoms with E-state index in [1.165, 1.54) is 22.5 Å². The molecule has 4 rings (SSSR count). The van der Waals surface area contributed by atoms with E-state index in [4.69, 9.17) is 9.72 Å². The fourth-order valence-electron chi connectivity index (χ4n) is 4.12. The normalized spacial score (nSPS) is 11.2. The highest BCUT2D eigenvalue weighted by Gasteiger charge is 2.23. The molecule has 0 aliphatic heterocycles. The van der Waals surface area contributed by atoms with Crippen molar-refractivity contribution in [3.8, 4) is 5.75 Å². The maximum Gasteiger partial charge on any atom is 0.260 e. The second-order valence-electron chi connectivity index (χ2n) is 8.38. The SMILES string of the molecule is CCOc1cccc2sc(N(CCN(CC)CC)C(=O)c3ccc(Cc4ccccc4)cc3)nc12. The van der Waals surface area contributed by atoms with Gasteiger partial charge < -0.3 is 9.64 Å². The molecule has 35 heavy (non-hydrogen) atoms. The lowest BCUT2D eigenvalue weighted by Crippen LogP contribution is -2.38. The van der Waals surface area contributed by atoms with Crippen LogP contribution in [-0.4, -0.2) is 48.6 Å². The Kier molecular flexibility index (Phi) is 8.50. The van der Waals surface area contributed by atoms with E-state index < -0.39 is 0 Å². The van der Waals surface area contributed by atoms with Crippen molar-refractivity contribution in [2.24, 2.45) is 0 Å². The summed E-state index contributed by atoms with van der Waals surface area (Å²) in [5.74, 6) is 0.731. The predicted octanol–water partition coefficient (Wildman–Crippen LogP) is 6.27. The van der Waals surface area contributed by atoms with Gasteiger partial charge in [0.1, 0.15) is 11.3 Å². The number of carbonyl (C=O) groups excluding carboxylic acids is 1. The summed E-state index contributed by atoms with van der Waals surface area (Å²) in [5, 5.41) is 0.706. The van der Waals surface area contributed by atoms with Crippen LogP contribution in [0, 0.1) is 0 Å². The molecule has 0 atom stereocenters. The molecule has 0 unspecified atom stereocenters. The number of ether oxygens (including phenoxy) is 1. The first-order chi connectivity index (χ1) is 17.1. The zero-order valence-electron chi connectivity index (χ0n) is 20.7. The number of rotatable bonds is 11. The van der Waals surface area contributed by atoms with Gasteiger partial charge in [0, 0.05) is 18.7 Å². The molecule has 182 valence electrons. The summed E-state index contributed by atoms with van der Waals surface area (Å²) < 4.78 is 6.80. The number of aromatic nitrogens is 1. The summed E-state index contributed by atoms with van der Waals surface area (Å²) in [5.41, 5.74) is 3.93. The molecule has 0 N–H and O–H groups in total. The van der Waals surface area contributed by atoms with E-state index >= 15 is 0 Å². The van der Waals surface area contributed by atoms with E-state index in [-0.39, 0.29) is 5.91 Å². The molecule has 1 amide bonds. The molecule has 3 aromatic carbocycles. The van der Waals surface area contributed by atoms with Crippen molar-refractivity contribution >= 4 is 32.6 Å². The number of amides is 1. The number of likely N-dealkylation sites (N-methyl/N-ethyl adjacent to an activating group) is 1. The number of thiazole rings is 1. The number of fused-ring (bicyclic) bond motifs is 1. The van der Waals surface area contributed by atoms with E-state index in [0.717, 1.165) is 42.0 Å². The van der Waals surface area contributed by atoms with Gasteiger partial charge in [0.15, 0.2) is 5.13 Å². The van der Waals surface area contributed by atoms with Gasteiger partial charge in [0.25, 0.3) is 5.91 Å². The van der Waals surface area contributed by atoms with Gasteiger partial charge in [0.2, 0.25) is 0 Å². The van der Waals surface area contributed by atoms with Crippen molar-refractivity contribution in [1.82, 2.24) is 9.88 Å². The van der Waals surface area contributed by atoms with Crippen molar-refractivity contribution in [1.29, 1.82) is 0 Å². The Hall–Kier alpha value is -3.22. The number of hydrogen-bond acceptors (Lipinski definition) is 5. The highest BCUT2D eigenvalue weighted by Crippen LogP contribution is 2.34. The van der Waals surface area contributed by atoms with Gasteiger partial charge >= 0.3 is 0 Å². The minimum atomic E-state index is -0.0274. The molecule has 6 heteroatoms. The Bertz CT molecular complexity index is 1230. The van der Waals surface area contributed by atoms with Crippen LogP contribution in [-0.2, 0) is 6.42 Å². The summed E-state index contributed by atoms with van der Waals surface area (Å²) in [7, 11) is 0. The number of hydrogen-bond donors (Lipinski definition) is 0. The molecule has 4 aromatic rings. The summed E-state index contributed by atoms with van der Waals surface area (Å²) in [4.78, 5) is 22.7. The van der Waals surface area contributed by atoms with Crippen molar-refractivity contribution < 1.29 is 9.53 Å². The Morgan fingerprint density at radius 1 is 0.857 bits per heavy atom. The minimum Gasteiger partial charge on any atom is -0.492 e. The first-order valence-corrected chi connectivity index (χ1v) is 13.1. The molecule has 0 spiro atoms. The van der Waals surface area contributed by atoms with Crippen LogP contribution < -0.4 is 9.64 Å². The van der Waals surface area contributed by atoms with Crippen LogP contribution in [0.15, 0.2) is 72.8 Å². The first kappa shape index (κ1) is 24.9. The smallest absolute Gasteiger partial charge is 0.260 e. The van der Waals surface area contributed by atoms with Gasteiger partial charge in [-0.2, -0.15) is 0 Å². The van der Waals surface area contributed by atoms with Crippen molar-refractivity contribution in [2.75, 3.05) is 37.7 Å². The maximum absolute atomic E-state index is 13.7. The van der Waals surface area contributed by atoms with Crippen molar-refractivity contribution in [3.05, 3.63) is 89.5 Å². The molecule has 0 radical (unpaired) electrons. The molecular weight excluding hydrogens is 454 g/mol. The Labute approximate surface area is 212 Å². The number of carbonyl (C=O) groups is 1. The summed E-state index contributed by atoms with van der Waals surface area (Å²) in [6, 6.07) is 24.3. The zero-order valence-corrected chi connectivity index (χ0v) is 21.6. The van der Waals surface area contributed by atoms with Crippen LogP contribution in [0.1, 0.15) is 42.3 Å². The van der Waals surface area contributed by atoms with Crippen LogP contribution in [0.3, 0.4) is 0 Å². The number of para-hydroxylation sites is 1. The van der Waals surface area contributed by atoms with Crippen molar-refractivity contribution in [2.45, 2.75) is 27.2 Å². The van der Waals surface area contributed by atoms with E-state index in [2.05, 4.69) is 43.0 Å². The number of nitrogens with zero attached hydrogens (tertiary/aromatic N) is 3. The lowest BCUT2D eigenvalue weighted by atomic mass is 10.0. The fraction of sp³-hybridized carbons (Fsp3) is 0.310. The molecule has 0 bridgehead atoms. The van der Waals surface area contributed by atoms with E-state index in [1.807, 2.05) is 60.4 Å². The average Bonchev–Trinajstić information content (AvgIpc) is 3.33. The second kappa shape index (κ2) is 12.0. The third-order valence-electron chi connectivity index (χ3n) is 6.13. The van der Waals surface area contributed by atoms with Gasteiger partial charge in [-0.15, -0.1) is 0 Å². The third kappa shape index (κ3) is 6.08. The molecule has 0 aliphatic carbocycles. The number of anilines is 1. The standard InChI is InChI=1S/C29H33N3O2S/c1-4-31(5-2)19-20-32(29-30-27-25(34-6-3)13-10-14-26(27)35-29)28(33)24-17-15-23(16-18-24)21-22-11-8-7-9-12-22/h7-18H,4-6,19-21H2,1-3H3. The van der Waals surface area contributed by atoms with Crippen LogP contribution >= 0.6 is 11.3 Å². The summed E-state index contributed by atoms with van der Waals surface area (Å²) >= 11 is 1.54. The molecular formula is C29H33N3O2S. The quantitative estimate of drug-likeness (QED) is 0.250. The van der Waals surface area contributed by atoms with Crippen LogP contribution in [0.2, 0.25) is 0 Å². The topological polar surface area (TPSA) is 45.7 Å². The lowest BCUT2D eigenvalue weighted by Gasteiger charge is -2.24. The Morgan fingerprint density at radius 3 is 2.26 bits per heavy atom. The van der Waals surface area contributed by atoms with Crippen LogP contribution in [0.25, 0.3) is 10.2 Å². The predicted molar refractivity (Wildman–Crippen MR) is 146 cm³/mol. The van der Waals surface area contributed by atoms with Gasteiger partial charge in [-0.05, 0) is 61.8 Å². The van der Waals surface area contributed by atoms with Gasteiger partial charge in [-0.25, -0.2) is 4.98 Å². The maximum atomic E-state index is 13.7. The molecule has 0 fully saturated rings. The molecule has 0 aliphatic rings. The van der Waals surface area contributed by atoms with Gasteiger partial charge in [0.05, 0.1) is 11.3 Å². The van der Waals surface area contributed by atoms with E-state index in [0.29, 0.717) is 23.8 Å². The molecule has 1 heterocycles. The Morgan fingerprint density at radius 2 is 1.57 bits per heavy atom. The lowest BCUT2D eigenvalue weighted by molar-refractivity contribution is 0.0983. The fourth-order valence-corrected chi connectivity index (χ4v) is 5.12. The first-order valence-electron chi connectivity index (χ1n) is 12.3. The van der Waals surface area contributed by atoms with Gasteiger partial charge in [-0.1, -0.05) is 73.7 Å². The highest BCUT2D eigenvalue weighted by atomic mass is 32.1. The van der Waals surface area contributed by atoms with Crippen LogP contribution in [0.5, 0.6) is 5.75 Å². The molecule has 5 nitrogen and oxygen atoms in total. The molecule has 0 saturated heterocycles. The zero-order chi connectivity index (χ0) is 24.6. The summed E-state index contributed by atoms with van der Waals surface area (Å²) in [6.45, 7) is 10.1. The van der Waals surface area contributed by atoms with Gasteiger partial charge in [-0.3, -0.25) is 9.69 Å². The monoisotopic (exact) mass is 487 g/mol. The minimum absolute atomic E-state index is 0.0274. The molecule has 1 aromatic heterocycles. The second-order valence-corrected chi connectivity index (χ2v) is 9.38.